The van der Waals surface area contributed by atoms with Crippen molar-refractivity contribution in [3.8, 4) is 0 Å². The number of hydrogen-bond acceptors (Lipinski definition) is 3. The molecule has 2 aliphatic rings. The Kier molecular flexibility index (Phi) is 2.61. The molecule has 0 radical (unpaired) electrons. The zero-order valence-corrected chi connectivity index (χ0v) is 7.90. The zero-order chi connectivity index (χ0) is 7.68. The number of ether oxygens (including phenoxy) is 1. The molecule has 0 saturated carbocycles. The highest BCUT2D eigenvalue weighted by atomic mass is 35.5. The van der Waals surface area contributed by atoms with Crippen molar-refractivity contribution >= 4 is 23.4 Å². The molecule has 2 nitrogen and oxygen atoms in total. The molecule has 0 amide bonds. The predicted molar refractivity (Wildman–Crippen MR) is 48.3 cm³/mol. The van der Waals surface area contributed by atoms with Gasteiger partial charge in [0.25, 0.3) is 0 Å². The number of rotatable bonds is 1. The Morgan fingerprint density at radius 2 is 2.55 bits per heavy atom. The molecule has 0 aliphatic carbocycles. The lowest BCUT2D eigenvalue weighted by Gasteiger charge is -2.33. The maximum absolute atomic E-state index is 5.71. The van der Waals surface area contributed by atoms with Crippen molar-refractivity contribution in [2.24, 2.45) is 0 Å². The Hall–Kier alpha value is 0.560. The summed E-state index contributed by atoms with van der Waals surface area (Å²) in [6.07, 6.45) is 0.270. The molecule has 2 rings (SSSR count). The van der Waals surface area contributed by atoms with Crippen LogP contribution in [-0.2, 0) is 4.74 Å². The van der Waals surface area contributed by atoms with Crippen molar-refractivity contribution in [2.45, 2.75) is 12.1 Å². The molecule has 0 aromatic carbocycles. The van der Waals surface area contributed by atoms with Crippen LogP contribution in [0.15, 0.2) is 0 Å². The summed E-state index contributed by atoms with van der Waals surface area (Å²) in [4.78, 5) is 2.47. The van der Waals surface area contributed by atoms with Gasteiger partial charge in [0, 0.05) is 30.1 Å². The van der Waals surface area contributed by atoms with Gasteiger partial charge >= 0.3 is 0 Å². The minimum absolute atomic E-state index is 0.270. The van der Waals surface area contributed by atoms with E-state index in [2.05, 4.69) is 4.90 Å². The topological polar surface area (TPSA) is 12.5 Å². The average molecular weight is 194 g/mol. The molecule has 2 aliphatic heterocycles. The number of morpholine rings is 1. The molecule has 0 N–H and O–H groups in total. The molecular weight excluding hydrogens is 182 g/mol. The lowest BCUT2D eigenvalue weighted by Crippen LogP contribution is -2.47. The summed E-state index contributed by atoms with van der Waals surface area (Å²) < 4.78 is 5.55. The fourth-order valence-electron chi connectivity index (χ4n) is 1.53. The van der Waals surface area contributed by atoms with Gasteiger partial charge in [-0.3, -0.25) is 4.90 Å². The predicted octanol–water partition coefficient (Wildman–Crippen LogP) is 0.999. The first-order valence-electron chi connectivity index (χ1n) is 3.89. The first-order chi connectivity index (χ1) is 5.40. The van der Waals surface area contributed by atoms with E-state index < -0.39 is 0 Å². The third-order valence-electron chi connectivity index (χ3n) is 2.22. The van der Waals surface area contributed by atoms with E-state index in [9.17, 15) is 0 Å². The van der Waals surface area contributed by atoms with Crippen LogP contribution in [0, 0.1) is 0 Å². The van der Waals surface area contributed by atoms with Gasteiger partial charge < -0.3 is 4.74 Å². The minimum atomic E-state index is 0.270. The standard InChI is InChI=1S/C7H12ClNOS/c8-1-7-2-9-5-11-4-6(9)3-10-7/h6-7H,1-5H2/t6-,7+/m1/s1. The van der Waals surface area contributed by atoms with Gasteiger partial charge in [0.05, 0.1) is 12.7 Å². The van der Waals surface area contributed by atoms with Crippen LogP contribution in [0.25, 0.3) is 0 Å². The Morgan fingerprint density at radius 3 is 3.36 bits per heavy atom. The van der Waals surface area contributed by atoms with Gasteiger partial charge in [-0.05, 0) is 0 Å². The molecular formula is C7H12ClNOS. The summed E-state index contributed by atoms with van der Waals surface area (Å²) in [7, 11) is 0. The number of fused-ring (bicyclic) bond motifs is 1. The maximum atomic E-state index is 5.71. The molecule has 2 atom stereocenters. The van der Waals surface area contributed by atoms with Crippen molar-refractivity contribution in [1.29, 1.82) is 0 Å². The third-order valence-corrected chi connectivity index (χ3v) is 3.70. The van der Waals surface area contributed by atoms with Crippen LogP contribution in [0.5, 0.6) is 0 Å². The highest BCUT2D eigenvalue weighted by Crippen LogP contribution is 2.25. The molecule has 0 unspecified atom stereocenters. The first kappa shape index (κ1) is 8.17. The molecule has 2 fully saturated rings. The van der Waals surface area contributed by atoms with Crippen LogP contribution in [0.4, 0.5) is 0 Å². The second kappa shape index (κ2) is 3.52. The summed E-state index contributed by atoms with van der Waals surface area (Å²) in [6, 6.07) is 0.666. The van der Waals surface area contributed by atoms with E-state index >= 15 is 0 Å². The van der Waals surface area contributed by atoms with E-state index in [1.165, 1.54) is 11.6 Å². The van der Waals surface area contributed by atoms with Crippen molar-refractivity contribution in [3.05, 3.63) is 0 Å². The first-order valence-corrected chi connectivity index (χ1v) is 5.58. The highest BCUT2D eigenvalue weighted by Gasteiger charge is 2.31. The number of hydrogen-bond donors (Lipinski definition) is 0. The number of halogens is 1. The Labute approximate surface area is 76.2 Å². The molecule has 0 aromatic heterocycles. The zero-order valence-electron chi connectivity index (χ0n) is 6.33. The number of nitrogens with zero attached hydrogens (tertiary/aromatic N) is 1. The van der Waals surface area contributed by atoms with E-state index in [-0.39, 0.29) is 6.10 Å². The van der Waals surface area contributed by atoms with Crippen LogP contribution in [0.2, 0.25) is 0 Å². The SMILES string of the molecule is ClC[C@H]1CN2CSC[C@H]2CO1. The Balaban J connectivity index is 1.91. The molecule has 2 saturated heterocycles. The number of alkyl halides is 1. The van der Waals surface area contributed by atoms with Crippen molar-refractivity contribution in [1.82, 2.24) is 4.90 Å². The number of thioether (sulfide) groups is 1. The van der Waals surface area contributed by atoms with Crippen LogP contribution in [0.3, 0.4) is 0 Å². The summed E-state index contributed by atoms with van der Waals surface area (Å²) in [5.41, 5.74) is 0. The molecule has 0 aromatic rings. The summed E-state index contributed by atoms with van der Waals surface area (Å²) in [5.74, 6) is 3.03. The van der Waals surface area contributed by atoms with Crippen LogP contribution in [0.1, 0.15) is 0 Å². The summed E-state index contributed by atoms with van der Waals surface area (Å²) in [6.45, 7) is 1.91. The van der Waals surface area contributed by atoms with Gasteiger partial charge in [-0.1, -0.05) is 0 Å². The fraction of sp³-hybridized carbons (Fsp3) is 1.00. The molecule has 2 heterocycles. The molecule has 0 spiro atoms. The largest absolute Gasteiger partial charge is 0.374 e. The van der Waals surface area contributed by atoms with E-state index in [0.29, 0.717) is 11.9 Å². The molecule has 4 heteroatoms. The third kappa shape index (κ3) is 1.66. The minimum Gasteiger partial charge on any atom is -0.374 e. The van der Waals surface area contributed by atoms with Crippen molar-refractivity contribution in [2.75, 3.05) is 30.7 Å². The normalized spacial score (nSPS) is 39.0. The van der Waals surface area contributed by atoms with Crippen LogP contribution >= 0.6 is 23.4 Å². The average Bonchev–Trinajstić information content (AvgIpc) is 2.50. The lowest BCUT2D eigenvalue weighted by molar-refractivity contribution is -0.0341. The lowest BCUT2D eigenvalue weighted by atomic mass is 10.2. The molecule has 0 bridgehead atoms. The van der Waals surface area contributed by atoms with E-state index in [0.717, 1.165) is 13.2 Å². The van der Waals surface area contributed by atoms with Gasteiger partial charge in [-0.15, -0.1) is 23.4 Å². The smallest absolute Gasteiger partial charge is 0.0838 e. The van der Waals surface area contributed by atoms with Crippen molar-refractivity contribution in [3.63, 3.8) is 0 Å². The quantitative estimate of drug-likeness (QED) is 0.577. The Morgan fingerprint density at radius 1 is 1.64 bits per heavy atom. The van der Waals surface area contributed by atoms with Crippen molar-refractivity contribution < 1.29 is 4.74 Å². The maximum Gasteiger partial charge on any atom is 0.0838 e. The van der Waals surface area contributed by atoms with E-state index in [1.54, 1.807) is 0 Å². The van der Waals surface area contributed by atoms with E-state index in [1.807, 2.05) is 11.8 Å². The van der Waals surface area contributed by atoms with Crippen LogP contribution < -0.4 is 0 Å². The van der Waals surface area contributed by atoms with Gasteiger partial charge in [0.1, 0.15) is 0 Å². The van der Waals surface area contributed by atoms with Gasteiger partial charge in [0.15, 0.2) is 0 Å². The Bertz CT molecular complexity index is 146. The van der Waals surface area contributed by atoms with Gasteiger partial charge in [-0.25, -0.2) is 0 Å². The van der Waals surface area contributed by atoms with Crippen LogP contribution in [-0.4, -0.2) is 47.7 Å². The second-order valence-corrected chi connectivity index (χ2v) is 4.34. The summed E-state index contributed by atoms with van der Waals surface area (Å²) in [5, 5.41) is 0. The second-order valence-electron chi connectivity index (χ2n) is 3.03. The monoisotopic (exact) mass is 193 g/mol. The fourth-order valence-corrected chi connectivity index (χ4v) is 2.95. The van der Waals surface area contributed by atoms with Gasteiger partial charge in [0.2, 0.25) is 0 Å². The molecule has 64 valence electrons. The van der Waals surface area contributed by atoms with Gasteiger partial charge in [-0.2, -0.15) is 0 Å². The molecule has 11 heavy (non-hydrogen) atoms. The van der Waals surface area contributed by atoms with E-state index in [4.69, 9.17) is 16.3 Å². The highest BCUT2D eigenvalue weighted by molar-refractivity contribution is 7.99. The summed E-state index contributed by atoms with van der Waals surface area (Å²) >= 11 is 7.71.